The third-order valence-electron chi connectivity index (χ3n) is 4.65. The van der Waals surface area contributed by atoms with Crippen LogP contribution in [0.4, 0.5) is 0 Å². The van der Waals surface area contributed by atoms with Crippen LogP contribution >= 0.6 is 0 Å². The van der Waals surface area contributed by atoms with Crippen molar-refractivity contribution < 1.29 is 19.6 Å². The molecule has 0 radical (unpaired) electrons. The summed E-state index contributed by atoms with van der Waals surface area (Å²) in [5.74, 6) is 6.32. The van der Waals surface area contributed by atoms with E-state index in [4.69, 9.17) is 19.6 Å². The minimum absolute atomic E-state index is 0.247. The lowest BCUT2D eigenvalue weighted by Crippen LogP contribution is -2.33. The molecule has 2 aromatic rings. The van der Waals surface area contributed by atoms with E-state index in [1.807, 2.05) is 109 Å². The van der Waals surface area contributed by atoms with Crippen LogP contribution in [0, 0.1) is 23.7 Å². The Morgan fingerprint density at radius 2 is 1.03 bits per heavy atom. The fourth-order valence-electron chi connectivity index (χ4n) is 2.66. The highest BCUT2D eigenvalue weighted by molar-refractivity contribution is 5.21. The minimum Gasteiger partial charge on any atom is -0.223 e. The summed E-state index contributed by atoms with van der Waals surface area (Å²) in [7, 11) is 0. The van der Waals surface area contributed by atoms with Gasteiger partial charge in [0.1, 0.15) is 11.2 Å². The van der Waals surface area contributed by atoms with Gasteiger partial charge < -0.3 is 0 Å². The molecule has 0 saturated heterocycles. The molecule has 162 valence electrons. The average molecular weight is 411 g/mol. The lowest BCUT2D eigenvalue weighted by atomic mass is 9.99. The maximum Gasteiger partial charge on any atom is 0.237 e. The zero-order valence-electron chi connectivity index (χ0n) is 19.1. The lowest BCUT2D eigenvalue weighted by molar-refractivity contribution is -0.509. The van der Waals surface area contributed by atoms with E-state index in [-0.39, 0.29) is 11.8 Å². The summed E-state index contributed by atoms with van der Waals surface area (Å²) in [6.45, 7) is 13.8. The van der Waals surface area contributed by atoms with Gasteiger partial charge >= 0.3 is 0 Å². The van der Waals surface area contributed by atoms with E-state index in [1.54, 1.807) is 0 Å². The second kappa shape index (κ2) is 10.7. The molecule has 0 saturated carbocycles. The Labute approximate surface area is 181 Å². The molecule has 1 unspecified atom stereocenters. The first-order valence-corrected chi connectivity index (χ1v) is 10.4. The first-order chi connectivity index (χ1) is 14.1. The monoisotopic (exact) mass is 410 g/mol. The van der Waals surface area contributed by atoms with Crippen molar-refractivity contribution in [2.45, 2.75) is 66.0 Å². The minimum atomic E-state index is -0.817. The van der Waals surface area contributed by atoms with E-state index < -0.39 is 17.5 Å². The van der Waals surface area contributed by atoms with E-state index in [1.165, 1.54) is 0 Å². The van der Waals surface area contributed by atoms with Crippen LogP contribution in [0.25, 0.3) is 0 Å². The molecular formula is C26H34O4. The molecule has 0 heterocycles. The second-order valence-electron chi connectivity index (χ2n) is 8.71. The maximum atomic E-state index is 5.80. The first kappa shape index (κ1) is 24.1. The van der Waals surface area contributed by atoms with Gasteiger partial charge in [0.25, 0.3) is 0 Å². The van der Waals surface area contributed by atoms with Gasteiger partial charge in [-0.3, -0.25) is 0 Å². The Morgan fingerprint density at radius 1 is 0.633 bits per heavy atom. The predicted molar refractivity (Wildman–Crippen MR) is 119 cm³/mol. The van der Waals surface area contributed by atoms with Gasteiger partial charge in [0.05, 0.1) is 5.92 Å². The van der Waals surface area contributed by atoms with E-state index in [2.05, 4.69) is 11.8 Å². The molecule has 0 N–H and O–H groups in total. The van der Waals surface area contributed by atoms with Crippen molar-refractivity contribution in [2.75, 3.05) is 0 Å². The SMILES string of the molecule is CC(C)C#CC(C)C(OOC(C)(C)c1ccccc1)OOC(C)(C)c1ccccc1. The van der Waals surface area contributed by atoms with Gasteiger partial charge in [-0.15, -0.1) is 5.92 Å². The summed E-state index contributed by atoms with van der Waals surface area (Å²) in [5, 5.41) is 0. The fourth-order valence-corrected chi connectivity index (χ4v) is 2.66. The second-order valence-corrected chi connectivity index (χ2v) is 8.71. The van der Waals surface area contributed by atoms with Crippen molar-refractivity contribution in [3.63, 3.8) is 0 Å². The van der Waals surface area contributed by atoms with Crippen LogP contribution < -0.4 is 0 Å². The molecule has 2 aromatic carbocycles. The fraction of sp³-hybridized carbons (Fsp3) is 0.462. The van der Waals surface area contributed by atoms with Crippen LogP contribution in [0.3, 0.4) is 0 Å². The Morgan fingerprint density at radius 3 is 1.40 bits per heavy atom. The highest BCUT2D eigenvalue weighted by Gasteiger charge is 2.30. The number of rotatable bonds is 9. The van der Waals surface area contributed by atoms with Crippen molar-refractivity contribution in [3.05, 3.63) is 71.8 Å². The van der Waals surface area contributed by atoms with Gasteiger partial charge in [0, 0.05) is 5.92 Å². The molecule has 30 heavy (non-hydrogen) atoms. The number of hydrogen-bond acceptors (Lipinski definition) is 4. The van der Waals surface area contributed by atoms with Crippen LogP contribution in [0.5, 0.6) is 0 Å². The van der Waals surface area contributed by atoms with E-state index in [0.717, 1.165) is 11.1 Å². The van der Waals surface area contributed by atoms with Crippen molar-refractivity contribution in [2.24, 2.45) is 11.8 Å². The van der Waals surface area contributed by atoms with E-state index >= 15 is 0 Å². The molecule has 0 aromatic heterocycles. The highest BCUT2D eigenvalue weighted by atomic mass is 17.3. The van der Waals surface area contributed by atoms with Gasteiger partial charge in [0.15, 0.2) is 0 Å². The predicted octanol–water partition coefficient (Wildman–Crippen LogP) is 6.38. The molecule has 1 atom stereocenters. The highest BCUT2D eigenvalue weighted by Crippen LogP contribution is 2.29. The molecule has 0 bridgehead atoms. The van der Waals surface area contributed by atoms with Crippen LogP contribution in [-0.2, 0) is 30.8 Å². The van der Waals surface area contributed by atoms with Crippen LogP contribution in [0.1, 0.15) is 59.6 Å². The lowest BCUT2D eigenvalue weighted by Gasteiger charge is -2.30. The van der Waals surface area contributed by atoms with E-state index in [9.17, 15) is 0 Å². The maximum absolute atomic E-state index is 5.80. The molecule has 0 aliphatic rings. The summed E-state index contributed by atoms with van der Waals surface area (Å²) < 4.78 is 0. The van der Waals surface area contributed by atoms with Gasteiger partial charge in [-0.1, -0.05) is 80.4 Å². The zero-order chi connectivity index (χ0) is 22.2. The Hall–Kier alpha value is -2.16. The first-order valence-electron chi connectivity index (χ1n) is 10.4. The summed E-state index contributed by atoms with van der Waals surface area (Å²) >= 11 is 0. The smallest absolute Gasteiger partial charge is 0.223 e. The number of benzene rings is 2. The standard InChI is InChI=1S/C26H34O4/c1-20(2)18-19-21(3)24(27-29-25(4,5)22-14-10-8-11-15-22)28-30-26(6,7)23-16-12-9-13-17-23/h8-17,20-21,24H,1-7H3. The van der Waals surface area contributed by atoms with Crippen molar-refractivity contribution in [1.29, 1.82) is 0 Å². The molecule has 0 spiro atoms. The van der Waals surface area contributed by atoms with Crippen molar-refractivity contribution in [3.8, 4) is 11.8 Å². The Kier molecular flexibility index (Phi) is 8.64. The zero-order valence-corrected chi connectivity index (χ0v) is 19.1. The Balaban J connectivity index is 2.11. The topological polar surface area (TPSA) is 36.9 Å². The molecule has 0 aliphatic carbocycles. The van der Waals surface area contributed by atoms with Crippen LogP contribution in [0.2, 0.25) is 0 Å². The third kappa shape index (κ3) is 7.27. The molecular weight excluding hydrogens is 376 g/mol. The Bertz CT molecular complexity index is 761. The summed E-state index contributed by atoms with van der Waals surface area (Å²) in [6, 6.07) is 19.8. The normalized spacial score (nSPS) is 13.2. The molecule has 2 rings (SSSR count). The molecule has 4 heteroatoms. The van der Waals surface area contributed by atoms with Crippen LogP contribution in [-0.4, -0.2) is 6.29 Å². The van der Waals surface area contributed by atoms with Crippen LogP contribution in [0.15, 0.2) is 60.7 Å². The van der Waals surface area contributed by atoms with Gasteiger partial charge in [-0.05, 0) is 45.7 Å². The molecule has 0 fully saturated rings. The molecule has 0 amide bonds. The largest absolute Gasteiger partial charge is 0.237 e. The molecule has 4 nitrogen and oxygen atoms in total. The van der Waals surface area contributed by atoms with Gasteiger partial charge in [0.2, 0.25) is 6.29 Å². The average Bonchev–Trinajstić information content (AvgIpc) is 2.73. The molecule has 0 aliphatic heterocycles. The summed E-state index contributed by atoms with van der Waals surface area (Å²) in [5.41, 5.74) is 0.664. The van der Waals surface area contributed by atoms with Gasteiger partial charge in [-0.2, -0.15) is 9.78 Å². The van der Waals surface area contributed by atoms with E-state index in [0.29, 0.717) is 0 Å². The van der Waals surface area contributed by atoms with Crippen molar-refractivity contribution in [1.82, 2.24) is 0 Å². The summed E-state index contributed by atoms with van der Waals surface area (Å²) in [6.07, 6.45) is -0.817. The van der Waals surface area contributed by atoms with Gasteiger partial charge in [-0.25, -0.2) is 9.78 Å². The number of hydrogen-bond donors (Lipinski definition) is 0. The third-order valence-corrected chi connectivity index (χ3v) is 4.65. The quantitative estimate of drug-likeness (QED) is 0.208. The summed E-state index contributed by atoms with van der Waals surface area (Å²) in [4.78, 5) is 23.1. The van der Waals surface area contributed by atoms with Crippen molar-refractivity contribution >= 4 is 0 Å².